The zero-order chi connectivity index (χ0) is 60.7. The van der Waals surface area contributed by atoms with E-state index in [1.807, 2.05) is 0 Å². The lowest BCUT2D eigenvalue weighted by Crippen LogP contribution is -2.56. The first-order valence-electron chi connectivity index (χ1n) is 29.5. The maximum Gasteiger partial charge on any atom is 0.408 e. The Bertz CT molecular complexity index is 2790. The molecule has 0 bridgehead atoms. The molecular weight excluding hydrogens is 1090 g/mol. The molecule has 1 unspecified atom stereocenters. The number of ether oxygens (including phenoxy) is 7. The first-order chi connectivity index (χ1) is 40.0. The van der Waals surface area contributed by atoms with Crippen LogP contribution in [-0.2, 0) is 81.3 Å². The Balaban J connectivity index is 0.801. The average Bonchev–Trinajstić information content (AvgIpc) is 4.19. The third-order valence-electron chi connectivity index (χ3n) is 14.8. The molecule has 0 spiro atoms. The van der Waals surface area contributed by atoms with Gasteiger partial charge in [0.25, 0.3) is 0 Å². The number of carbonyl (C=O) groups is 8. The van der Waals surface area contributed by atoms with Gasteiger partial charge in [-0.05, 0) is 128 Å². The second-order valence-electron chi connectivity index (χ2n) is 24.1. The summed E-state index contributed by atoms with van der Waals surface area (Å²) in [6, 6.07) is 1.87. The van der Waals surface area contributed by atoms with Gasteiger partial charge in [0, 0.05) is 55.7 Å². The molecule has 1 saturated heterocycles. The normalized spacial score (nSPS) is 18.4. The number of nitrogens with one attached hydrogen (secondary N) is 5. The van der Waals surface area contributed by atoms with Crippen LogP contribution < -0.4 is 26.6 Å². The first-order valence-corrected chi connectivity index (χ1v) is 29.5. The second-order valence-corrected chi connectivity index (χ2v) is 24.1. The van der Waals surface area contributed by atoms with E-state index in [0.717, 1.165) is 53.9 Å². The van der Waals surface area contributed by atoms with Gasteiger partial charge in [0.05, 0.1) is 76.2 Å². The van der Waals surface area contributed by atoms with Crippen LogP contribution in [0.5, 0.6) is 0 Å². The van der Waals surface area contributed by atoms with E-state index in [1.54, 1.807) is 55.4 Å². The van der Waals surface area contributed by atoms with Crippen molar-refractivity contribution in [2.45, 2.75) is 168 Å². The van der Waals surface area contributed by atoms with Gasteiger partial charge < -0.3 is 74.6 Å². The lowest BCUT2D eigenvalue weighted by atomic mass is 9.87. The quantitative estimate of drug-likeness (QED) is 0.0392. The Morgan fingerprint density at radius 1 is 0.786 bits per heavy atom. The minimum atomic E-state index is -1.47. The van der Waals surface area contributed by atoms with E-state index < -0.39 is 102 Å². The van der Waals surface area contributed by atoms with Gasteiger partial charge in [-0.3, -0.25) is 24.0 Å². The number of likely N-dealkylation sites (tertiary alicyclic amines) is 1. The SMILES string of the molecule is CC(C)[C@H](NC(=O)[C@@H]1CCCN1C(=O)[C@H](CC(=O)O)NC(=O)CCOCCOCCOCCNC(=O)[C@H](CCCCNC(=O)OC(C)(C)C)NC(=O)OC(C)(C)C)C(=O)OC1COCC2=C1C=C1c3nc4cccc5c4c(c3CN1C2)CCC5. The molecule has 2 aromatic rings. The van der Waals surface area contributed by atoms with Crippen LogP contribution in [0.15, 0.2) is 35.4 Å². The lowest BCUT2D eigenvalue weighted by Gasteiger charge is -2.35. The fourth-order valence-electron chi connectivity index (χ4n) is 10.9. The minimum absolute atomic E-state index is 0.0564. The maximum atomic E-state index is 14.1. The monoisotopic (exact) mass is 1170 g/mol. The number of unbranched alkanes of at least 4 members (excludes halogenated alkanes) is 1. The van der Waals surface area contributed by atoms with Crippen molar-refractivity contribution in [1.82, 2.24) is 41.4 Å². The highest BCUT2D eigenvalue weighted by atomic mass is 16.6. The number of amides is 6. The van der Waals surface area contributed by atoms with Gasteiger partial charge in [-0.2, -0.15) is 0 Å². The van der Waals surface area contributed by atoms with Gasteiger partial charge in [-0.15, -0.1) is 0 Å². The van der Waals surface area contributed by atoms with E-state index >= 15 is 0 Å². The fourth-order valence-corrected chi connectivity index (χ4v) is 10.9. The fraction of sp³-hybridized carbons (Fsp3) is 0.650. The number of carboxylic acid groups (broad SMARTS) is 1. The molecule has 1 aromatic heterocycles. The molecule has 5 aliphatic rings. The number of aromatic nitrogens is 1. The molecule has 5 heterocycles. The summed E-state index contributed by atoms with van der Waals surface area (Å²) in [5, 5.41) is 24.4. The van der Waals surface area contributed by atoms with E-state index in [1.165, 1.54) is 27.0 Å². The van der Waals surface area contributed by atoms with Crippen LogP contribution in [0, 0.1) is 5.92 Å². The number of rotatable bonds is 28. The van der Waals surface area contributed by atoms with Crippen LogP contribution in [0.1, 0.15) is 129 Å². The maximum absolute atomic E-state index is 14.1. The molecule has 0 radical (unpaired) electrons. The van der Waals surface area contributed by atoms with Crippen LogP contribution in [-0.4, -0.2) is 188 Å². The standard InChI is InChI=1S/C60H86N8O16/c1-36(2)51(56(75)82-47-35-81-34-38-32-67-33-41-39-16-11-14-37-15-12-18-42(50(37)39)64-52(41)46(67)30-40(38)47)66-54(73)45-19-13-23-68(45)55(74)44(31-49(70)71)63-48(69)20-24-78-26-28-80-29-27-79-25-22-61-53(72)43(65-58(77)84-60(6,7)8)17-9-10-21-62-57(76)83-59(3,4)5/h12,15,18,30,36,43-45,47,51H,9-11,13-14,16-17,19-29,31-35H2,1-8H3,(H,61,72)(H,62,76)(H,63,69)(H,65,77)(H,66,73)(H,70,71)/t43-,44-,45-,47?,51-/m0/s1. The molecule has 1 fully saturated rings. The van der Waals surface area contributed by atoms with E-state index in [-0.39, 0.29) is 72.2 Å². The van der Waals surface area contributed by atoms with Gasteiger partial charge in [-0.1, -0.05) is 26.0 Å². The highest BCUT2D eigenvalue weighted by molar-refractivity contribution is 5.96. The van der Waals surface area contributed by atoms with Gasteiger partial charge in [-0.25, -0.2) is 19.4 Å². The van der Waals surface area contributed by atoms with E-state index in [9.17, 15) is 43.5 Å². The summed E-state index contributed by atoms with van der Waals surface area (Å²) in [4.78, 5) is 113. The highest BCUT2D eigenvalue weighted by Crippen LogP contribution is 2.44. The Morgan fingerprint density at radius 3 is 2.21 bits per heavy atom. The number of esters is 1. The first kappa shape index (κ1) is 64.7. The summed E-state index contributed by atoms with van der Waals surface area (Å²) in [7, 11) is 0. The molecule has 462 valence electrons. The summed E-state index contributed by atoms with van der Waals surface area (Å²) >= 11 is 0. The van der Waals surface area contributed by atoms with E-state index in [4.69, 9.17) is 38.1 Å². The van der Waals surface area contributed by atoms with Crippen molar-refractivity contribution >= 4 is 64.4 Å². The molecule has 1 aliphatic carbocycles. The van der Waals surface area contributed by atoms with Crippen molar-refractivity contribution < 1.29 is 76.6 Å². The molecule has 84 heavy (non-hydrogen) atoms. The predicted octanol–water partition coefficient (Wildman–Crippen LogP) is 4.37. The second kappa shape index (κ2) is 29.8. The van der Waals surface area contributed by atoms with Crippen LogP contribution in [0.25, 0.3) is 16.6 Å². The van der Waals surface area contributed by atoms with E-state index in [2.05, 4.69) is 55.8 Å². The summed E-state index contributed by atoms with van der Waals surface area (Å²) < 4.78 is 39.4. The largest absolute Gasteiger partial charge is 0.481 e. The minimum Gasteiger partial charge on any atom is -0.481 e. The number of hydrogen-bond donors (Lipinski definition) is 6. The molecule has 4 aliphatic heterocycles. The number of pyridine rings is 1. The van der Waals surface area contributed by atoms with Crippen LogP contribution >= 0.6 is 0 Å². The lowest BCUT2D eigenvalue weighted by molar-refractivity contribution is -0.156. The van der Waals surface area contributed by atoms with Crippen LogP contribution in [0.2, 0.25) is 0 Å². The molecular formula is C60H86N8O16. The van der Waals surface area contributed by atoms with Crippen molar-refractivity contribution in [3.63, 3.8) is 0 Å². The number of aryl methyl sites for hydroxylation is 2. The Labute approximate surface area is 491 Å². The van der Waals surface area contributed by atoms with Crippen molar-refractivity contribution in [2.75, 3.05) is 79.0 Å². The number of aliphatic carboxylic acids is 1. The van der Waals surface area contributed by atoms with Crippen molar-refractivity contribution in [1.29, 1.82) is 0 Å². The van der Waals surface area contributed by atoms with Crippen LogP contribution in [0.3, 0.4) is 0 Å². The number of alkyl carbamates (subject to hydrolysis) is 2. The molecule has 24 heteroatoms. The number of nitrogens with zero attached hydrogens (tertiary/aromatic N) is 3. The smallest absolute Gasteiger partial charge is 0.408 e. The number of carboxylic acids is 1. The number of carbonyl (C=O) groups excluding carboxylic acids is 7. The molecule has 0 saturated carbocycles. The van der Waals surface area contributed by atoms with Gasteiger partial charge in [0.2, 0.25) is 23.6 Å². The summed E-state index contributed by atoms with van der Waals surface area (Å²) in [6.07, 6.45) is 4.34. The molecule has 6 amide bonds. The van der Waals surface area contributed by atoms with Gasteiger partial charge in [0.1, 0.15) is 35.4 Å². The van der Waals surface area contributed by atoms with Crippen molar-refractivity contribution in [2.24, 2.45) is 5.92 Å². The zero-order valence-electron chi connectivity index (χ0n) is 49.9. The molecule has 24 nitrogen and oxygen atoms in total. The van der Waals surface area contributed by atoms with E-state index in [0.29, 0.717) is 45.4 Å². The predicted molar refractivity (Wildman–Crippen MR) is 307 cm³/mol. The van der Waals surface area contributed by atoms with Crippen molar-refractivity contribution in [3.8, 4) is 0 Å². The summed E-state index contributed by atoms with van der Waals surface area (Å²) in [6.45, 7) is 17.3. The van der Waals surface area contributed by atoms with Gasteiger partial charge >= 0.3 is 24.1 Å². The number of benzene rings is 1. The van der Waals surface area contributed by atoms with Gasteiger partial charge in [0.15, 0.2) is 6.10 Å². The Morgan fingerprint density at radius 2 is 1.50 bits per heavy atom. The highest BCUT2D eigenvalue weighted by Gasteiger charge is 2.42. The zero-order valence-corrected chi connectivity index (χ0v) is 49.9. The number of hydrogen-bond acceptors (Lipinski definition) is 17. The third kappa shape index (κ3) is 18.3. The van der Waals surface area contributed by atoms with Crippen LogP contribution in [0.4, 0.5) is 9.59 Å². The topological polar surface area (TPSA) is 301 Å². The molecule has 6 N–H and O–H groups in total. The average molecular weight is 1180 g/mol. The van der Waals surface area contributed by atoms with Crippen molar-refractivity contribution in [3.05, 3.63) is 57.8 Å². The number of fused-ring (bicyclic) bond motifs is 4. The molecule has 1 aromatic carbocycles. The summed E-state index contributed by atoms with van der Waals surface area (Å²) in [5.74, 6) is -4.77. The summed E-state index contributed by atoms with van der Waals surface area (Å²) in [5.41, 5.74) is 7.39. The molecule has 7 rings (SSSR count). The Kier molecular flexibility index (Phi) is 22.9. The Hall–Kier alpha value is -6.89. The molecule has 5 atom stereocenters. The third-order valence-corrected chi connectivity index (χ3v) is 14.8.